The molecule has 17 heavy (non-hydrogen) atoms. The van der Waals surface area contributed by atoms with Gasteiger partial charge in [-0.1, -0.05) is 35.9 Å². The minimum absolute atomic E-state index is 0.704. The monoisotopic (exact) mass is 225 g/mol. The van der Waals surface area contributed by atoms with Crippen molar-refractivity contribution in [1.82, 2.24) is 15.0 Å². The van der Waals surface area contributed by atoms with Gasteiger partial charge in [0.1, 0.15) is 11.6 Å². The van der Waals surface area contributed by atoms with Gasteiger partial charge in [0.15, 0.2) is 5.82 Å². The van der Waals surface area contributed by atoms with E-state index in [1.807, 2.05) is 26.0 Å². The van der Waals surface area contributed by atoms with Crippen molar-refractivity contribution in [3.8, 4) is 0 Å². The van der Waals surface area contributed by atoms with Crippen LogP contribution in [0, 0.1) is 20.8 Å². The maximum absolute atomic E-state index is 4.26. The van der Waals surface area contributed by atoms with Gasteiger partial charge < -0.3 is 0 Å². The van der Waals surface area contributed by atoms with Gasteiger partial charge in [0.2, 0.25) is 0 Å². The fraction of sp³-hybridized carbons (Fsp3) is 0.214. The molecule has 2 rings (SSSR count). The molecule has 1 heterocycles. The smallest absolute Gasteiger partial charge is 0.156 e. The second-order valence-corrected chi connectivity index (χ2v) is 4.03. The molecule has 0 aliphatic carbocycles. The van der Waals surface area contributed by atoms with Crippen LogP contribution in [0.4, 0.5) is 0 Å². The van der Waals surface area contributed by atoms with E-state index in [9.17, 15) is 0 Å². The lowest BCUT2D eigenvalue weighted by atomic mass is 10.1. The Morgan fingerprint density at radius 2 is 1.35 bits per heavy atom. The molecule has 3 nitrogen and oxygen atoms in total. The predicted octanol–water partition coefficient (Wildman–Crippen LogP) is 2.97. The van der Waals surface area contributed by atoms with Crippen molar-refractivity contribution in [1.29, 1.82) is 0 Å². The highest BCUT2D eigenvalue weighted by Gasteiger charge is 1.96. The lowest BCUT2D eigenvalue weighted by Gasteiger charge is -1.98. The van der Waals surface area contributed by atoms with Gasteiger partial charge in [0, 0.05) is 0 Å². The van der Waals surface area contributed by atoms with Crippen molar-refractivity contribution in [3.05, 3.63) is 52.9 Å². The van der Waals surface area contributed by atoms with Gasteiger partial charge in [0.25, 0.3) is 0 Å². The summed E-state index contributed by atoms with van der Waals surface area (Å²) in [6.07, 6.45) is 3.92. The quantitative estimate of drug-likeness (QED) is 0.788. The first-order valence-corrected chi connectivity index (χ1v) is 5.57. The Labute approximate surface area is 101 Å². The van der Waals surface area contributed by atoms with Gasteiger partial charge >= 0.3 is 0 Å². The van der Waals surface area contributed by atoms with Crippen molar-refractivity contribution in [2.45, 2.75) is 20.8 Å². The molecule has 0 aliphatic rings. The Morgan fingerprint density at radius 3 is 1.94 bits per heavy atom. The summed E-state index contributed by atoms with van der Waals surface area (Å²) < 4.78 is 0. The van der Waals surface area contributed by atoms with E-state index in [1.165, 1.54) is 5.56 Å². The van der Waals surface area contributed by atoms with Gasteiger partial charge in [-0.3, -0.25) is 0 Å². The summed E-state index contributed by atoms with van der Waals surface area (Å²) in [5.41, 5.74) is 2.40. The molecular weight excluding hydrogens is 210 g/mol. The summed E-state index contributed by atoms with van der Waals surface area (Å²) in [4.78, 5) is 12.7. The molecule has 0 spiro atoms. The fourth-order valence-electron chi connectivity index (χ4n) is 1.56. The van der Waals surface area contributed by atoms with Crippen LogP contribution < -0.4 is 0 Å². The van der Waals surface area contributed by atoms with Gasteiger partial charge in [-0.05, 0) is 32.4 Å². The molecule has 0 bridgehead atoms. The molecule has 2 aromatic rings. The SMILES string of the molecule is Cc1ccc(C=Cc2nc(C)nc(C)n2)cc1. The summed E-state index contributed by atoms with van der Waals surface area (Å²) in [7, 11) is 0. The molecular formula is C14H15N3. The van der Waals surface area contributed by atoms with Crippen molar-refractivity contribution >= 4 is 12.2 Å². The molecule has 0 saturated carbocycles. The van der Waals surface area contributed by atoms with E-state index in [2.05, 4.69) is 46.1 Å². The van der Waals surface area contributed by atoms with Crippen LogP contribution in [0.2, 0.25) is 0 Å². The van der Waals surface area contributed by atoms with E-state index in [0.717, 1.165) is 17.2 Å². The molecule has 0 saturated heterocycles. The highest BCUT2D eigenvalue weighted by Crippen LogP contribution is 2.07. The zero-order chi connectivity index (χ0) is 12.3. The van der Waals surface area contributed by atoms with Crippen molar-refractivity contribution < 1.29 is 0 Å². The van der Waals surface area contributed by atoms with Gasteiger partial charge in [-0.2, -0.15) is 0 Å². The molecule has 1 aromatic heterocycles. The highest BCUT2D eigenvalue weighted by molar-refractivity contribution is 5.66. The largest absolute Gasteiger partial charge is 0.219 e. The van der Waals surface area contributed by atoms with Crippen molar-refractivity contribution in [3.63, 3.8) is 0 Å². The predicted molar refractivity (Wildman–Crippen MR) is 69.4 cm³/mol. The zero-order valence-electron chi connectivity index (χ0n) is 10.3. The van der Waals surface area contributed by atoms with Crippen LogP contribution in [0.15, 0.2) is 24.3 Å². The molecule has 0 fully saturated rings. The number of benzene rings is 1. The Balaban J connectivity index is 2.22. The average Bonchev–Trinajstić information content (AvgIpc) is 2.27. The number of hydrogen-bond donors (Lipinski definition) is 0. The first-order valence-electron chi connectivity index (χ1n) is 5.57. The molecule has 1 aromatic carbocycles. The molecule has 0 amide bonds. The maximum atomic E-state index is 4.26. The Kier molecular flexibility index (Phi) is 3.28. The van der Waals surface area contributed by atoms with E-state index in [1.54, 1.807) is 0 Å². The van der Waals surface area contributed by atoms with Gasteiger partial charge in [-0.25, -0.2) is 15.0 Å². The summed E-state index contributed by atoms with van der Waals surface area (Å²) in [5, 5.41) is 0. The van der Waals surface area contributed by atoms with Crippen LogP contribution in [0.1, 0.15) is 28.6 Å². The number of rotatable bonds is 2. The van der Waals surface area contributed by atoms with E-state index < -0.39 is 0 Å². The third kappa shape index (κ3) is 3.21. The minimum atomic E-state index is 0.704. The van der Waals surface area contributed by atoms with Crippen LogP contribution in [0.5, 0.6) is 0 Å². The standard InChI is InChI=1S/C14H15N3/c1-10-4-6-13(7-5-10)8-9-14-16-11(2)15-12(3)17-14/h4-9H,1-3H3. The Morgan fingerprint density at radius 1 is 0.765 bits per heavy atom. The normalized spacial score (nSPS) is 11.0. The zero-order valence-corrected chi connectivity index (χ0v) is 10.3. The maximum Gasteiger partial charge on any atom is 0.156 e. The molecule has 0 atom stereocenters. The third-order valence-electron chi connectivity index (χ3n) is 2.38. The minimum Gasteiger partial charge on any atom is -0.219 e. The van der Waals surface area contributed by atoms with Gasteiger partial charge in [-0.15, -0.1) is 0 Å². The number of aromatic nitrogens is 3. The summed E-state index contributed by atoms with van der Waals surface area (Å²) in [6, 6.07) is 8.33. The molecule has 0 N–H and O–H groups in total. The third-order valence-corrected chi connectivity index (χ3v) is 2.38. The summed E-state index contributed by atoms with van der Waals surface area (Å²) in [5.74, 6) is 2.21. The van der Waals surface area contributed by atoms with Gasteiger partial charge in [0.05, 0.1) is 0 Å². The molecule has 0 unspecified atom stereocenters. The molecule has 86 valence electrons. The topological polar surface area (TPSA) is 38.7 Å². The number of hydrogen-bond acceptors (Lipinski definition) is 3. The van der Waals surface area contributed by atoms with Crippen molar-refractivity contribution in [2.75, 3.05) is 0 Å². The lowest BCUT2D eigenvalue weighted by molar-refractivity contribution is 0.908. The van der Waals surface area contributed by atoms with E-state index in [0.29, 0.717) is 5.82 Å². The van der Waals surface area contributed by atoms with Crippen LogP contribution in [0.25, 0.3) is 12.2 Å². The summed E-state index contributed by atoms with van der Waals surface area (Å²) >= 11 is 0. The Hall–Kier alpha value is -2.03. The second-order valence-electron chi connectivity index (χ2n) is 4.03. The molecule has 3 heteroatoms. The van der Waals surface area contributed by atoms with Crippen LogP contribution in [-0.2, 0) is 0 Å². The first kappa shape index (κ1) is 11.5. The van der Waals surface area contributed by atoms with Crippen molar-refractivity contribution in [2.24, 2.45) is 0 Å². The molecule has 0 radical (unpaired) electrons. The fourth-order valence-corrected chi connectivity index (χ4v) is 1.56. The Bertz CT molecular complexity index is 522. The van der Waals surface area contributed by atoms with E-state index >= 15 is 0 Å². The van der Waals surface area contributed by atoms with Crippen LogP contribution >= 0.6 is 0 Å². The van der Waals surface area contributed by atoms with E-state index in [4.69, 9.17) is 0 Å². The second kappa shape index (κ2) is 4.87. The average molecular weight is 225 g/mol. The van der Waals surface area contributed by atoms with Crippen LogP contribution in [0.3, 0.4) is 0 Å². The highest BCUT2D eigenvalue weighted by atomic mass is 15.0. The summed E-state index contributed by atoms with van der Waals surface area (Å²) in [6.45, 7) is 5.82. The lowest BCUT2D eigenvalue weighted by Crippen LogP contribution is -1.98. The number of nitrogens with zero attached hydrogens (tertiary/aromatic N) is 3. The first-order chi connectivity index (χ1) is 8.13. The number of aryl methyl sites for hydroxylation is 3. The van der Waals surface area contributed by atoms with E-state index in [-0.39, 0.29) is 0 Å². The van der Waals surface area contributed by atoms with Crippen LogP contribution in [-0.4, -0.2) is 15.0 Å². The molecule has 0 aliphatic heterocycles.